The maximum Gasteiger partial charge on any atom is 0.224 e. The fourth-order valence-corrected chi connectivity index (χ4v) is 1.45. The van der Waals surface area contributed by atoms with Crippen molar-refractivity contribution in [3.05, 3.63) is 23.9 Å². The topological polar surface area (TPSA) is 29.1 Å². The van der Waals surface area contributed by atoms with E-state index < -0.39 is 0 Å². The van der Waals surface area contributed by atoms with E-state index in [9.17, 15) is 4.79 Å². The Balaban J connectivity index is 0.000000605. The lowest BCUT2D eigenvalue weighted by Crippen LogP contribution is -2.12. The average Bonchev–Trinajstić information content (AvgIpc) is 2.27. The monoisotopic (exact) mass is 171 g/mol. The molecule has 0 saturated carbocycles. The van der Waals surface area contributed by atoms with Crippen LogP contribution in [0.4, 0.5) is 0 Å². The van der Waals surface area contributed by atoms with Crippen LogP contribution < -0.4 is 5.32 Å². The molecule has 2 aliphatic rings. The zero-order chi connectivity index (χ0) is 6.97. The molecule has 1 unspecified atom stereocenters. The van der Waals surface area contributed by atoms with Crippen LogP contribution in [-0.4, -0.2) is 5.91 Å². The average molecular weight is 172 g/mol. The van der Waals surface area contributed by atoms with Crippen LogP contribution in [0, 0.1) is 5.92 Å². The lowest BCUT2D eigenvalue weighted by Gasteiger charge is -2.09. The zero-order valence-corrected chi connectivity index (χ0v) is 6.86. The lowest BCUT2D eigenvalue weighted by atomic mass is 9.97. The molecule has 1 aliphatic carbocycles. The Morgan fingerprint density at radius 2 is 2.36 bits per heavy atom. The predicted molar refractivity (Wildman–Crippen MR) is 45.3 cm³/mol. The molecule has 2 rings (SSSR count). The van der Waals surface area contributed by atoms with Gasteiger partial charge in [0.25, 0.3) is 0 Å². The summed E-state index contributed by atoms with van der Waals surface area (Å²) in [5, 5.41) is 2.83. The molecule has 0 aromatic carbocycles. The SMILES string of the molecule is Cl.O=C1CC2CC=CC=C2N1. The van der Waals surface area contributed by atoms with Crippen molar-refractivity contribution in [2.45, 2.75) is 12.8 Å². The number of hydrogen-bond donors (Lipinski definition) is 1. The molecule has 0 aromatic heterocycles. The first-order valence-corrected chi connectivity index (χ1v) is 3.53. The van der Waals surface area contributed by atoms with Crippen molar-refractivity contribution in [1.82, 2.24) is 5.32 Å². The molecule has 1 N–H and O–H groups in total. The van der Waals surface area contributed by atoms with Crippen molar-refractivity contribution < 1.29 is 4.79 Å². The number of fused-ring (bicyclic) bond motifs is 1. The zero-order valence-electron chi connectivity index (χ0n) is 6.04. The molecule has 0 spiro atoms. The Morgan fingerprint density at radius 3 is 3.09 bits per heavy atom. The van der Waals surface area contributed by atoms with Crippen molar-refractivity contribution >= 4 is 18.3 Å². The van der Waals surface area contributed by atoms with Crippen LogP contribution >= 0.6 is 12.4 Å². The molecular formula is C8H10ClNO. The number of halogens is 1. The van der Waals surface area contributed by atoms with Gasteiger partial charge in [-0.3, -0.25) is 4.79 Å². The van der Waals surface area contributed by atoms with Gasteiger partial charge in [0.1, 0.15) is 0 Å². The van der Waals surface area contributed by atoms with Crippen molar-refractivity contribution in [1.29, 1.82) is 0 Å². The third-order valence-corrected chi connectivity index (χ3v) is 1.99. The van der Waals surface area contributed by atoms with Crippen molar-refractivity contribution in [2.24, 2.45) is 5.92 Å². The maximum absolute atomic E-state index is 10.8. The molecular weight excluding hydrogens is 162 g/mol. The number of hydrogen-bond acceptors (Lipinski definition) is 1. The normalized spacial score (nSPS) is 26.7. The van der Waals surface area contributed by atoms with E-state index in [0.29, 0.717) is 12.3 Å². The fraction of sp³-hybridized carbons (Fsp3) is 0.375. The molecule has 1 atom stereocenters. The number of nitrogens with one attached hydrogen (secondary N) is 1. The number of rotatable bonds is 0. The van der Waals surface area contributed by atoms with Gasteiger partial charge in [-0.15, -0.1) is 12.4 Å². The minimum Gasteiger partial charge on any atom is -0.329 e. The van der Waals surface area contributed by atoms with E-state index in [0.717, 1.165) is 12.1 Å². The molecule has 2 nitrogen and oxygen atoms in total. The summed E-state index contributed by atoms with van der Waals surface area (Å²) in [5.41, 5.74) is 1.10. The quantitative estimate of drug-likeness (QED) is 0.587. The van der Waals surface area contributed by atoms with Gasteiger partial charge in [-0.05, 0) is 12.5 Å². The molecule has 3 heteroatoms. The van der Waals surface area contributed by atoms with Crippen LogP contribution in [0.15, 0.2) is 23.9 Å². The van der Waals surface area contributed by atoms with Gasteiger partial charge in [-0.1, -0.05) is 12.2 Å². The Hall–Kier alpha value is -0.760. The first-order valence-electron chi connectivity index (χ1n) is 3.53. The fourth-order valence-electron chi connectivity index (χ4n) is 1.45. The van der Waals surface area contributed by atoms with Gasteiger partial charge >= 0.3 is 0 Å². The minimum atomic E-state index is 0. The molecule has 1 saturated heterocycles. The highest BCUT2D eigenvalue weighted by atomic mass is 35.5. The van der Waals surface area contributed by atoms with Gasteiger partial charge in [0.15, 0.2) is 0 Å². The Labute approximate surface area is 71.8 Å². The molecule has 1 amide bonds. The summed E-state index contributed by atoms with van der Waals surface area (Å²) in [7, 11) is 0. The van der Waals surface area contributed by atoms with Crippen molar-refractivity contribution in [2.75, 3.05) is 0 Å². The number of amides is 1. The molecule has 11 heavy (non-hydrogen) atoms. The highest BCUT2D eigenvalue weighted by Crippen LogP contribution is 2.26. The van der Waals surface area contributed by atoms with Gasteiger partial charge < -0.3 is 5.32 Å². The summed E-state index contributed by atoms with van der Waals surface area (Å²) < 4.78 is 0. The second-order valence-electron chi connectivity index (χ2n) is 2.74. The summed E-state index contributed by atoms with van der Waals surface area (Å²) in [6.07, 6.45) is 7.78. The first kappa shape index (κ1) is 8.34. The van der Waals surface area contributed by atoms with Crippen LogP contribution in [0.1, 0.15) is 12.8 Å². The molecule has 1 heterocycles. The Bertz CT molecular complexity index is 232. The highest BCUT2D eigenvalue weighted by Gasteiger charge is 2.26. The van der Waals surface area contributed by atoms with Crippen LogP contribution in [0.2, 0.25) is 0 Å². The van der Waals surface area contributed by atoms with E-state index >= 15 is 0 Å². The second-order valence-corrected chi connectivity index (χ2v) is 2.74. The summed E-state index contributed by atoms with van der Waals surface area (Å²) in [6, 6.07) is 0. The molecule has 60 valence electrons. The summed E-state index contributed by atoms with van der Waals surface area (Å²) in [6.45, 7) is 0. The predicted octanol–water partition coefficient (Wildman–Crippen LogP) is 1.39. The molecule has 1 fully saturated rings. The summed E-state index contributed by atoms with van der Waals surface area (Å²) in [4.78, 5) is 10.8. The third kappa shape index (κ3) is 1.46. The first-order chi connectivity index (χ1) is 4.86. The molecule has 1 aliphatic heterocycles. The maximum atomic E-state index is 10.8. The molecule has 0 bridgehead atoms. The molecule has 0 aromatic rings. The van der Waals surface area contributed by atoms with Gasteiger partial charge in [0.05, 0.1) is 0 Å². The van der Waals surface area contributed by atoms with E-state index in [4.69, 9.17) is 0 Å². The van der Waals surface area contributed by atoms with E-state index in [1.807, 2.05) is 12.2 Å². The third-order valence-electron chi connectivity index (χ3n) is 1.99. The van der Waals surface area contributed by atoms with E-state index in [2.05, 4.69) is 11.4 Å². The number of carbonyl (C=O) groups excluding carboxylic acids is 1. The number of allylic oxidation sites excluding steroid dienone is 4. The largest absolute Gasteiger partial charge is 0.329 e. The van der Waals surface area contributed by atoms with Gasteiger partial charge in [-0.2, -0.15) is 0 Å². The van der Waals surface area contributed by atoms with Gasteiger partial charge in [0, 0.05) is 18.0 Å². The van der Waals surface area contributed by atoms with Crippen molar-refractivity contribution in [3.63, 3.8) is 0 Å². The minimum absolute atomic E-state index is 0. The standard InChI is InChI=1S/C8H9NO.ClH/c10-8-5-6-3-1-2-4-7(6)9-8;/h1-2,4,6H,3,5H2,(H,9,10);1H. The second kappa shape index (κ2) is 3.09. The van der Waals surface area contributed by atoms with E-state index in [-0.39, 0.29) is 18.3 Å². The summed E-state index contributed by atoms with van der Waals surface area (Å²) >= 11 is 0. The number of carbonyl (C=O) groups is 1. The molecule has 0 radical (unpaired) electrons. The van der Waals surface area contributed by atoms with E-state index in [1.165, 1.54) is 0 Å². The van der Waals surface area contributed by atoms with E-state index in [1.54, 1.807) is 0 Å². The summed E-state index contributed by atoms with van der Waals surface area (Å²) in [5.74, 6) is 0.623. The van der Waals surface area contributed by atoms with Crippen LogP contribution in [0.5, 0.6) is 0 Å². The lowest BCUT2D eigenvalue weighted by molar-refractivity contribution is -0.119. The van der Waals surface area contributed by atoms with Gasteiger partial charge in [0.2, 0.25) is 5.91 Å². The smallest absolute Gasteiger partial charge is 0.224 e. The van der Waals surface area contributed by atoms with Crippen LogP contribution in [0.3, 0.4) is 0 Å². The van der Waals surface area contributed by atoms with Gasteiger partial charge in [-0.25, -0.2) is 0 Å². The highest BCUT2D eigenvalue weighted by molar-refractivity contribution is 5.85. The van der Waals surface area contributed by atoms with Crippen LogP contribution in [0.25, 0.3) is 0 Å². The van der Waals surface area contributed by atoms with Crippen LogP contribution in [-0.2, 0) is 4.79 Å². The Kier molecular flexibility index (Phi) is 2.35. The Morgan fingerprint density at radius 1 is 1.55 bits per heavy atom. The van der Waals surface area contributed by atoms with Crippen molar-refractivity contribution in [3.8, 4) is 0 Å².